The average molecular weight is 248 g/mol. The highest BCUT2D eigenvalue weighted by molar-refractivity contribution is 5.90. The summed E-state index contributed by atoms with van der Waals surface area (Å²) in [4.78, 5) is 10.9. The van der Waals surface area contributed by atoms with Crippen molar-refractivity contribution in [1.29, 1.82) is 0 Å². The van der Waals surface area contributed by atoms with Gasteiger partial charge in [-0.15, -0.1) is 0 Å². The molecule has 0 aliphatic rings. The van der Waals surface area contributed by atoms with Crippen molar-refractivity contribution in [3.8, 4) is 22.8 Å². The second kappa shape index (κ2) is 4.79. The SMILES string of the molecule is COc1ccc(-c2cc(C(N)=O)on2)cc1OC. The number of carbonyl (C=O) groups is 1. The highest BCUT2D eigenvalue weighted by Gasteiger charge is 2.12. The monoisotopic (exact) mass is 248 g/mol. The van der Waals surface area contributed by atoms with Crippen LogP contribution in [-0.4, -0.2) is 25.3 Å². The van der Waals surface area contributed by atoms with Crippen LogP contribution < -0.4 is 15.2 Å². The summed E-state index contributed by atoms with van der Waals surface area (Å²) in [7, 11) is 3.10. The summed E-state index contributed by atoms with van der Waals surface area (Å²) in [5, 5.41) is 3.77. The number of hydrogen-bond acceptors (Lipinski definition) is 5. The number of primary amides is 1. The van der Waals surface area contributed by atoms with Crippen LogP contribution >= 0.6 is 0 Å². The van der Waals surface area contributed by atoms with E-state index in [0.717, 1.165) is 5.56 Å². The summed E-state index contributed by atoms with van der Waals surface area (Å²) in [6, 6.07) is 6.74. The molecule has 1 heterocycles. The summed E-state index contributed by atoms with van der Waals surface area (Å²) in [6.07, 6.45) is 0. The topological polar surface area (TPSA) is 87.6 Å². The van der Waals surface area contributed by atoms with Gasteiger partial charge in [0.2, 0.25) is 5.76 Å². The number of amides is 1. The second-order valence-corrected chi connectivity index (χ2v) is 3.51. The van der Waals surface area contributed by atoms with Crippen molar-refractivity contribution in [2.45, 2.75) is 0 Å². The lowest BCUT2D eigenvalue weighted by molar-refractivity contribution is 0.0965. The maximum absolute atomic E-state index is 10.9. The number of ether oxygens (including phenoxy) is 2. The van der Waals surface area contributed by atoms with Crippen LogP contribution in [-0.2, 0) is 0 Å². The zero-order valence-corrected chi connectivity index (χ0v) is 9.97. The van der Waals surface area contributed by atoms with E-state index in [9.17, 15) is 4.79 Å². The van der Waals surface area contributed by atoms with Gasteiger partial charge in [0, 0.05) is 11.6 Å². The van der Waals surface area contributed by atoms with E-state index in [-0.39, 0.29) is 5.76 Å². The lowest BCUT2D eigenvalue weighted by atomic mass is 10.1. The highest BCUT2D eigenvalue weighted by atomic mass is 16.5. The molecule has 0 aliphatic carbocycles. The van der Waals surface area contributed by atoms with E-state index >= 15 is 0 Å². The Balaban J connectivity index is 2.41. The maximum atomic E-state index is 10.9. The zero-order valence-electron chi connectivity index (χ0n) is 9.97. The van der Waals surface area contributed by atoms with Gasteiger partial charge < -0.3 is 19.7 Å². The number of nitrogens with two attached hydrogens (primary N) is 1. The van der Waals surface area contributed by atoms with Gasteiger partial charge in [0.05, 0.1) is 14.2 Å². The van der Waals surface area contributed by atoms with Crippen molar-refractivity contribution in [1.82, 2.24) is 5.16 Å². The quantitative estimate of drug-likeness (QED) is 0.884. The van der Waals surface area contributed by atoms with Gasteiger partial charge >= 0.3 is 0 Å². The molecule has 0 fully saturated rings. The Morgan fingerprint density at radius 3 is 2.50 bits per heavy atom. The molecule has 1 amide bonds. The third-order valence-electron chi connectivity index (χ3n) is 2.43. The number of rotatable bonds is 4. The molecule has 0 saturated heterocycles. The summed E-state index contributed by atoms with van der Waals surface area (Å²) < 4.78 is 15.1. The third kappa shape index (κ3) is 2.13. The van der Waals surface area contributed by atoms with E-state index in [0.29, 0.717) is 17.2 Å². The van der Waals surface area contributed by atoms with Crippen LogP contribution in [0.25, 0.3) is 11.3 Å². The van der Waals surface area contributed by atoms with Gasteiger partial charge in [-0.25, -0.2) is 0 Å². The third-order valence-corrected chi connectivity index (χ3v) is 2.43. The number of nitrogens with zero attached hydrogens (tertiary/aromatic N) is 1. The fraction of sp³-hybridized carbons (Fsp3) is 0.167. The predicted molar refractivity (Wildman–Crippen MR) is 63.6 cm³/mol. The smallest absolute Gasteiger partial charge is 0.287 e. The number of methoxy groups -OCH3 is 2. The zero-order chi connectivity index (χ0) is 13.1. The fourth-order valence-corrected chi connectivity index (χ4v) is 1.52. The minimum atomic E-state index is -0.658. The Hall–Kier alpha value is -2.50. The molecule has 1 aromatic heterocycles. The van der Waals surface area contributed by atoms with E-state index in [2.05, 4.69) is 5.16 Å². The standard InChI is InChI=1S/C12H12N2O4/c1-16-9-4-3-7(5-10(9)17-2)8-6-11(12(13)15)18-14-8/h3-6H,1-2H3,(H2,13,15). The number of carbonyl (C=O) groups excluding carboxylic acids is 1. The van der Waals surface area contributed by atoms with E-state index in [1.165, 1.54) is 6.07 Å². The first-order chi connectivity index (χ1) is 8.65. The molecule has 1 aromatic carbocycles. The first-order valence-electron chi connectivity index (χ1n) is 5.14. The fourth-order valence-electron chi connectivity index (χ4n) is 1.52. The summed E-state index contributed by atoms with van der Waals surface area (Å²) in [5.41, 5.74) is 6.33. The van der Waals surface area contributed by atoms with Crippen LogP contribution in [0.3, 0.4) is 0 Å². The largest absolute Gasteiger partial charge is 0.493 e. The minimum absolute atomic E-state index is 0.0137. The Bertz CT molecular complexity index is 577. The molecule has 6 nitrogen and oxygen atoms in total. The van der Waals surface area contributed by atoms with Gasteiger partial charge in [0.25, 0.3) is 5.91 Å². The number of aromatic nitrogens is 1. The predicted octanol–water partition coefficient (Wildman–Crippen LogP) is 1.46. The molecule has 0 atom stereocenters. The normalized spacial score (nSPS) is 10.1. The molecular formula is C12H12N2O4. The molecule has 0 saturated carbocycles. The van der Waals surface area contributed by atoms with Gasteiger partial charge in [-0.1, -0.05) is 5.16 Å². The van der Waals surface area contributed by atoms with Crippen molar-refractivity contribution < 1.29 is 18.8 Å². The summed E-state index contributed by atoms with van der Waals surface area (Å²) >= 11 is 0. The molecule has 2 aromatic rings. The van der Waals surface area contributed by atoms with Crippen molar-refractivity contribution >= 4 is 5.91 Å². The van der Waals surface area contributed by atoms with Crippen molar-refractivity contribution in [2.24, 2.45) is 5.73 Å². The van der Waals surface area contributed by atoms with Crippen LogP contribution in [0.1, 0.15) is 10.6 Å². The summed E-state index contributed by atoms with van der Waals surface area (Å²) in [6.45, 7) is 0. The average Bonchev–Trinajstić information content (AvgIpc) is 2.87. The van der Waals surface area contributed by atoms with E-state index in [4.69, 9.17) is 19.7 Å². The Kier molecular flexibility index (Phi) is 3.18. The highest BCUT2D eigenvalue weighted by Crippen LogP contribution is 2.31. The van der Waals surface area contributed by atoms with Crippen LogP contribution in [0.5, 0.6) is 11.5 Å². The van der Waals surface area contributed by atoms with E-state index < -0.39 is 5.91 Å². The lowest BCUT2D eigenvalue weighted by Gasteiger charge is -2.07. The molecule has 18 heavy (non-hydrogen) atoms. The Labute approximate surface area is 103 Å². The van der Waals surface area contributed by atoms with E-state index in [1.54, 1.807) is 32.4 Å². The Morgan fingerprint density at radius 1 is 1.22 bits per heavy atom. The molecule has 0 bridgehead atoms. The molecule has 0 aliphatic heterocycles. The van der Waals surface area contributed by atoms with E-state index in [1.807, 2.05) is 0 Å². The molecule has 6 heteroatoms. The number of hydrogen-bond donors (Lipinski definition) is 1. The number of benzene rings is 1. The molecular weight excluding hydrogens is 236 g/mol. The van der Waals surface area contributed by atoms with Gasteiger partial charge in [-0.05, 0) is 18.2 Å². The van der Waals surface area contributed by atoms with Gasteiger partial charge in [-0.2, -0.15) is 0 Å². The van der Waals surface area contributed by atoms with Crippen LogP contribution in [0, 0.1) is 0 Å². The molecule has 94 valence electrons. The van der Waals surface area contributed by atoms with Crippen LogP contribution in [0.15, 0.2) is 28.8 Å². The lowest BCUT2D eigenvalue weighted by Crippen LogP contribution is -2.09. The van der Waals surface area contributed by atoms with Crippen molar-refractivity contribution in [3.05, 3.63) is 30.0 Å². The molecule has 2 N–H and O–H groups in total. The Morgan fingerprint density at radius 2 is 1.94 bits per heavy atom. The van der Waals surface area contributed by atoms with Gasteiger partial charge in [0.1, 0.15) is 5.69 Å². The first-order valence-corrected chi connectivity index (χ1v) is 5.14. The van der Waals surface area contributed by atoms with Crippen molar-refractivity contribution in [2.75, 3.05) is 14.2 Å². The second-order valence-electron chi connectivity index (χ2n) is 3.51. The minimum Gasteiger partial charge on any atom is -0.493 e. The van der Waals surface area contributed by atoms with Crippen LogP contribution in [0.4, 0.5) is 0 Å². The molecule has 0 spiro atoms. The summed E-state index contributed by atoms with van der Waals surface area (Å²) in [5.74, 6) is 0.535. The maximum Gasteiger partial charge on any atom is 0.287 e. The first kappa shape index (κ1) is 12.0. The molecule has 2 rings (SSSR count). The molecule has 0 radical (unpaired) electrons. The van der Waals surface area contributed by atoms with Crippen LogP contribution in [0.2, 0.25) is 0 Å². The van der Waals surface area contributed by atoms with Gasteiger partial charge in [0.15, 0.2) is 11.5 Å². The van der Waals surface area contributed by atoms with Crippen molar-refractivity contribution in [3.63, 3.8) is 0 Å². The molecule has 0 unspecified atom stereocenters. The van der Waals surface area contributed by atoms with Gasteiger partial charge in [-0.3, -0.25) is 4.79 Å².